The van der Waals surface area contributed by atoms with Crippen LogP contribution < -0.4 is 5.32 Å². The van der Waals surface area contributed by atoms with Crippen LogP contribution in [0.2, 0.25) is 5.02 Å². The van der Waals surface area contributed by atoms with Gasteiger partial charge >= 0.3 is 6.03 Å². The number of halogens is 1. The second kappa shape index (κ2) is 9.52. The Morgan fingerprint density at radius 1 is 0.833 bits per heavy atom. The molecule has 158 valence electrons. The number of amides is 3. The highest BCUT2D eigenvalue weighted by Gasteiger charge is 2.31. The van der Waals surface area contributed by atoms with Gasteiger partial charge in [-0.15, -0.1) is 0 Å². The Balaban J connectivity index is 1.40. The maximum Gasteiger partial charge on any atom is 0.319 e. The first-order valence-electron chi connectivity index (χ1n) is 10.8. The molecule has 0 bridgehead atoms. The Morgan fingerprint density at radius 3 is 2.03 bits per heavy atom. The molecule has 6 heteroatoms. The van der Waals surface area contributed by atoms with Gasteiger partial charge in [-0.25, -0.2) is 4.79 Å². The van der Waals surface area contributed by atoms with Crippen molar-refractivity contribution in [2.24, 2.45) is 5.92 Å². The number of carbonyl (C=O) groups excluding carboxylic acids is 2. The van der Waals surface area contributed by atoms with Crippen molar-refractivity contribution < 1.29 is 9.59 Å². The summed E-state index contributed by atoms with van der Waals surface area (Å²) < 4.78 is 0. The third kappa shape index (κ3) is 4.78. The molecular weight excluding hydrogens is 398 g/mol. The molecule has 2 aliphatic heterocycles. The molecule has 0 aliphatic carbocycles. The van der Waals surface area contributed by atoms with Gasteiger partial charge in [0.1, 0.15) is 0 Å². The number of likely N-dealkylation sites (tertiary alicyclic amines) is 2. The molecule has 1 atom stereocenters. The van der Waals surface area contributed by atoms with E-state index in [1.165, 1.54) is 0 Å². The van der Waals surface area contributed by atoms with Crippen molar-refractivity contribution in [1.82, 2.24) is 15.1 Å². The van der Waals surface area contributed by atoms with Crippen molar-refractivity contribution in [1.29, 1.82) is 0 Å². The summed E-state index contributed by atoms with van der Waals surface area (Å²) in [6, 6.07) is 17.5. The second-order valence-electron chi connectivity index (χ2n) is 8.14. The highest BCUT2D eigenvalue weighted by atomic mass is 35.5. The standard InChI is InChI=1S/C24H28ClN3O2/c25-21-10-8-19(9-11-21)22(18-6-2-1-3-7-18)26-23(29)20-12-16-28(17-13-20)24(30)27-14-4-5-15-27/h1-3,6-11,20,22H,4-5,12-17H2,(H,26,29). The fourth-order valence-corrected chi connectivity index (χ4v) is 4.49. The van der Waals surface area contributed by atoms with Gasteiger partial charge in [-0.1, -0.05) is 54.1 Å². The van der Waals surface area contributed by atoms with Crippen LogP contribution in [-0.4, -0.2) is 47.9 Å². The van der Waals surface area contributed by atoms with Gasteiger partial charge < -0.3 is 15.1 Å². The first-order valence-corrected chi connectivity index (χ1v) is 11.1. The third-order valence-electron chi connectivity index (χ3n) is 6.14. The lowest BCUT2D eigenvalue weighted by atomic mass is 9.93. The SMILES string of the molecule is O=C(NC(c1ccccc1)c1ccc(Cl)cc1)C1CCN(C(=O)N2CCCC2)CC1. The number of nitrogens with zero attached hydrogens (tertiary/aromatic N) is 2. The van der Waals surface area contributed by atoms with Crippen LogP contribution >= 0.6 is 11.6 Å². The van der Waals surface area contributed by atoms with E-state index in [0.29, 0.717) is 31.0 Å². The molecule has 3 amide bonds. The van der Waals surface area contributed by atoms with Gasteiger partial charge in [0.05, 0.1) is 6.04 Å². The predicted octanol–water partition coefficient (Wildman–Crippen LogP) is 4.47. The van der Waals surface area contributed by atoms with Crippen LogP contribution in [0.15, 0.2) is 54.6 Å². The lowest BCUT2D eigenvalue weighted by Gasteiger charge is -2.34. The number of rotatable bonds is 4. The maximum absolute atomic E-state index is 13.1. The summed E-state index contributed by atoms with van der Waals surface area (Å²) in [5.74, 6) is -0.0294. The van der Waals surface area contributed by atoms with E-state index in [9.17, 15) is 9.59 Å². The van der Waals surface area contributed by atoms with E-state index in [1.54, 1.807) is 0 Å². The van der Waals surface area contributed by atoms with E-state index < -0.39 is 0 Å². The summed E-state index contributed by atoms with van der Waals surface area (Å²) in [6.07, 6.45) is 3.59. The minimum Gasteiger partial charge on any atom is -0.345 e. The first-order chi connectivity index (χ1) is 14.6. The van der Waals surface area contributed by atoms with E-state index in [2.05, 4.69) is 5.32 Å². The van der Waals surface area contributed by atoms with Crippen LogP contribution in [0.25, 0.3) is 0 Å². The van der Waals surface area contributed by atoms with Gasteiger partial charge in [0.15, 0.2) is 0 Å². The summed E-state index contributed by atoms with van der Waals surface area (Å²) in [7, 11) is 0. The number of benzene rings is 2. The zero-order chi connectivity index (χ0) is 20.9. The Hall–Kier alpha value is -2.53. The molecule has 0 saturated carbocycles. The van der Waals surface area contributed by atoms with E-state index in [1.807, 2.05) is 64.4 Å². The molecular formula is C24H28ClN3O2. The molecule has 0 radical (unpaired) electrons. The zero-order valence-corrected chi connectivity index (χ0v) is 17.9. The largest absolute Gasteiger partial charge is 0.345 e. The van der Waals surface area contributed by atoms with Crippen LogP contribution in [-0.2, 0) is 4.79 Å². The summed E-state index contributed by atoms with van der Waals surface area (Å²) in [5.41, 5.74) is 2.04. The van der Waals surface area contributed by atoms with Gasteiger partial charge in [0.25, 0.3) is 0 Å². The lowest BCUT2D eigenvalue weighted by Crippen LogP contribution is -2.48. The van der Waals surface area contributed by atoms with Gasteiger partial charge in [0, 0.05) is 37.1 Å². The molecule has 1 unspecified atom stereocenters. The summed E-state index contributed by atoms with van der Waals surface area (Å²) >= 11 is 6.05. The fourth-order valence-electron chi connectivity index (χ4n) is 4.36. The van der Waals surface area contributed by atoms with Crippen LogP contribution in [0, 0.1) is 5.92 Å². The van der Waals surface area contributed by atoms with Crippen LogP contribution in [0.1, 0.15) is 42.9 Å². The molecule has 2 heterocycles. The van der Waals surface area contributed by atoms with E-state index in [-0.39, 0.29) is 23.9 Å². The lowest BCUT2D eigenvalue weighted by molar-refractivity contribution is -0.126. The van der Waals surface area contributed by atoms with Gasteiger partial charge in [-0.2, -0.15) is 0 Å². The smallest absolute Gasteiger partial charge is 0.319 e. The highest BCUT2D eigenvalue weighted by Crippen LogP contribution is 2.26. The van der Waals surface area contributed by atoms with Crippen LogP contribution in [0.5, 0.6) is 0 Å². The number of hydrogen-bond acceptors (Lipinski definition) is 2. The van der Waals surface area contributed by atoms with Gasteiger partial charge in [0.2, 0.25) is 5.91 Å². The molecule has 2 saturated heterocycles. The van der Waals surface area contributed by atoms with Gasteiger partial charge in [-0.05, 0) is 48.9 Å². The Kier molecular flexibility index (Phi) is 6.58. The molecule has 2 aliphatic rings. The van der Waals surface area contributed by atoms with Crippen molar-refractivity contribution in [2.45, 2.75) is 31.7 Å². The first kappa shape index (κ1) is 20.7. The number of piperidine rings is 1. The molecule has 0 aromatic heterocycles. The molecule has 2 aromatic rings. The predicted molar refractivity (Wildman–Crippen MR) is 118 cm³/mol. The molecule has 30 heavy (non-hydrogen) atoms. The zero-order valence-electron chi connectivity index (χ0n) is 17.1. The monoisotopic (exact) mass is 425 g/mol. The quantitative estimate of drug-likeness (QED) is 0.785. The van der Waals surface area contributed by atoms with E-state index in [0.717, 1.165) is 37.1 Å². The summed E-state index contributed by atoms with van der Waals surface area (Å²) in [5, 5.41) is 3.92. The number of urea groups is 1. The topological polar surface area (TPSA) is 52.7 Å². The van der Waals surface area contributed by atoms with Crippen molar-refractivity contribution in [3.05, 3.63) is 70.7 Å². The molecule has 1 N–H and O–H groups in total. The van der Waals surface area contributed by atoms with Crippen molar-refractivity contribution in [3.63, 3.8) is 0 Å². The molecule has 0 spiro atoms. The second-order valence-corrected chi connectivity index (χ2v) is 8.58. The average molecular weight is 426 g/mol. The fraction of sp³-hybridized carbons (Fsp3) is 0.417. The van der Waals surface area contributed by atoms with Crippen molar-refractivity contribution >= 4 is 23.5 Å². The Bertz CT molecular complexity index is 858. The number of carbonyl (C=O) groups is 2. The minimum atomic E-state index is -0.222. The average Bonchev–Trinajstić information content (AvgIpc) is 3.33. The minimum absolute atomic E-state index is 0.0482. The Labute approximate surface area is 183 Å². The summed E-state index contributed by atoms with van der Waals surface area (Å²) in [4.78, 5) is 29.5. The number of nitrogens with one attached hydrogen (secondary N) is 1. The van der Waals surface area contributed by atoms with Crippen molar-refractivity contribution in [2.75, 3.05) is 26.2 Å². The van der Waals surface area contributed by atoms with Crippen LogP contribution in [0.3, 0.4) is 0 Å². The number of hydrogen-bond donors (Lipinski definition) is 1. The normalized spacial score (nSPS) is 18.3. The van der Waals surface area contributed by atoms with E-state index in [4.69, 9.17) is 11.6 Å². The highest BCUT2D eigenvalue weighted by molar-refractivity contribution is 6.30. The van der Waals surface area contributed by atoms with Crippen LogP contribution in [0.4, 0.5) is 4.79 Å². The van der Waals surface area contributed by atoms with Crippen molar-refractivity contribution in [3.8, 4) is 0 Å². The molecule has 5 nitrogen and oxygen atoms in total. The molecule has 2 fully saturated rings. The summed E-state index contributed by atoms with van der Waals surface area (Å²) in [6.45, 7) is 3.01. The molecule has 4 rings (SSSR count). The van der Waals surface area contributed by atoms with Gasteiger partial charge in [-0.3, -0.25) is 4.79 Å². The van der Waals surface area contributed by atoms with E-state index >= 15 is 0 Å². The maximum atomic E-state index is 13.1. The molecule has 2 aromatic carbocycles. The Morgan fingerprint density at radius 2 is 1.40 bits per heavy atom. The third-order valence-corrected chi connectivity index (χ3v) is 6.39.